The molecule has 1 aliphatic heterocycles. The Morgan fingerprint density at radius 2 is 2.13 bits per heavy atom. The number of hydrogen-bond donors (Lipinski definition) is 1. The lowest BCUT2D eigenvalue weighted by atomic mass is 9.99. The number of carbonyl (C=O) groups is 1. The molecule has 0 aliphatic carbocycles. The van der Waals surface area contributed by atoms with Gasteiger partial charge in [0, 0.05) is 12.6 Å². The quantitative estimate of drug-likeness (QED) is 0.812. The van der Waals surface area contributed by atoms with Gasteiger partial charge in [-0.1, -0.05) is 45.4 Å². The third-order valence-electron chi connectivity index (χ3n) is 4.10. The Bertz CT molecular complexity index is 595. The maximum Gasteiger partial charge on any atom is 0.268 e. The monoisotopic (exact) mass is 316 g/mol. The number of anilines is 1. The van der Waals surface area contributed by atoms with Gasteiger partial charge in [0.1, 0.15) is 5.75 Å². The minimum absolute atomic E-state index is 0.00304. The van der Waals surface area contributed by atoms with Crippen molar-refractivity contribution in [2.24, 2.45) is 11.7 Å². The highest BCUT2D eigenvalue weighted by Gasteiger charge is 2.36. The van der Waals surface area contributed by atoms with Crippen LogP contribution in [0.3, 0.4) is 0 Å². The van der Waals surface area contributed by atoms with Gasteiger partial charge in [0.05, 0.1) is 5.69 Å². The standard InChI is InChI=1S/C19H28N2O2/c1-6-7-15(20)14-8-9-17-16(10-14)21(11-12(2)3)19(22)18(23-17)13(4)5/h8-10,13,15,18H,2,6-7,11,20H2,1,3-5H3. The van der Waals surface area contributed by atoms with Gasteiger partial charge >= 0.3 is 0 Å². The van der Waals surface area contributed by atoms with Gasteiger partial charge in [0.15, 0.2) is 6.10 Å². The lowest BCUT2D eigenvalue weighted by Crippen LogP contribution is -2.48. The number of carbonyl (C=O) groups excluding carboxylic acids is 1. The lowest BCUT2D eigenvalue weighted by molar-refractivity contribution is -0.128. The summed E-state index contributed by atoms with van der Waals surface area (Å²) in [7, 11) is 0. The van der Waals surface area contributed by atoms with Crippen molar-refractivity contribution in [1.29, 1.82) is 0 Å². The molecule has 0 radical (unpaired) electrons. The summed E-state index contributed by atoms with van der Waals surface area (Å²) >= 11 is 0. The number of fused-ring (bicyclic) bond motifs is 1. The Hall–Kier alpha value is -1.81. The summed E-state index contributed by atoms with van der Waals surface area (Å²) in [5, 5.41) is 0. The number of benzene rings is 1. The SMILES string of the molecule is C=C(C)CN1C(=O)C(C(C)C)Oc2ccc(C(N)CCC)cc21. The van der Waals surface area contributed by atoms with E-state index in [1.165, 1.54) is 0 Å². The minimum Gasteiger partial charge on any atom is -0.478 e. The molecule has 1 aromatic carbocycles. The number of amides is 1. The maximum atomic E-state index is 12.8. The summed E-state index contributed by atoms with van der Waals surface area (Å²) in [6, 6.07) is 5.92. The van der Waals surface area contributed by atoms with Gasteiger partial charge in [0.25, 0.3) is 5.91 Å². The smallest absolute Gasteiger partial charge is 0.268 e. The molecular formula is C19H28N2O2. The summed E-state index contributed by atoms with van der Waals surface area (Å²) in [4.78, 5) is 14.6. The summed E-state index contributed by atoms with van der Waals surface area (Å²) < 4.78 is 5.95. The molecule has 0 bridgehead atoms. The fraction of sp³-hybridized carbons (Fsp3) is 0.526. The predicted molar refractivity (Wildman–Crippen MR) is 94.7 cm³/mol. The van der Waals surface area contributed by atoms with Crippen LogP contribution in [0, 0.1) is 5.92 Å². The van der Waals surface area contributed by atoms with Gasteiger partial charge in [-0.3, -0.25) is 4.79 Å². The zero-order valence-electron chi connectivity index (χ0n) is 14.6. The van der Waals surface area contributed by atoms with Crippen LogP contribution in [0.5, 0.6) is 5.75 Å². The normalized spacial score (nSPS) is 18.6. The van der Waals surface area contributed by atoms with Gasteiger partial charge in [-0.2, -0.15) is 0 Å². The van der Waals surface area contributed by atoms with Gasteiger partial charge in [-0.25, -0.2) is 0 Å². The predicted octanol–water partition coefficient (Wildman–Crippen LogP) is 3.81. The summed E-state index contributed by atoms with van der Waals surface area (Å²) in [5.74, 6) is 0.860. The van der Waals surface area contributed by atoms with E-state index < -0.39 is 6.10 Å². The van der Waals surface area contributed by atoms with E-state index in [0.717, 1.165) is 35.4 Å². The Morgan fingerprint density at radius 1 is 1.43 bits per heavy atom. The molecule has 0 spiro atoms. The molecule has 126 valence electrons. The van der Waals surface area contributed by atoms with Crippen LogP contribution in [0.4, 0.5) is 5.69 Å². The second-order valence-electron chi connectivity index (χ2n) is 6.79. The highest BCUT2D eigenvalue weighted by atomic mass is 16.5. The first kappa shape index (κ1) is 17.5. The third-order valence-corrected chi connectivity index (χ3v) is 4.10. The van der Waals surface area contributed by atoms with Crippen LogP contribution in [-0.2, 0) is 4.79 Å². The van der Waals surface area contributed by atoms with Crippen molar-refractivity contribution in [1.82, 2.24) is 0 Å². The third kappa shape index (κ3) is 3.75. The van der Waals surface area contributed by atoms with Crippen molar-refractivity contribution in [3.05, 3.63) is 35.9 Å². The molecule has 4 nitrogen and oxygen atoms in total. The molecule has 23 heavy (non-hydrogen) atoms. The molecule has 2 unspecified atom stereocenters. The first-order chi connectivity index (χ1) is 10.8. The molecule has 2 N–H and O–H groups in total. The molecule has 2 rings (SSSR count). The molecule has 0 aromatic heterocycles. The molecular weight excluding hydrogens is 288 g/mol. The van der Waals surface area contributed by atoms with E-state index >= 15 is 0 Å². The van der Waals surface area contributed by atoms with Gasteiger partial charge < -0.3 is 15.4 Å². The second-order valence-corrected chi connectivity index (χ2v) is 6.79. The molecule has 0 saturated heterocycles. The number of nitrogens with zero attached hydrogens (tertiary/aromatic N) is 1. The fourth-order valence-corrected chi connectivity index (χ4v) is 2.87. The van der Waals surface area contributed by atoms with E-state index in [9.17, 15) is 4.79 Å². The van der Waals surface area contributed by atoms with Crippen LogP contribution in [-0.4, -0.2) is 18.6 Å². The number of rotatable bonds is 6. The maximum absolute atomic E-state index is 12.8. The zero-order chi connectivity index (χ0) is 17.1. The van der Waals surface area contributed by atoms with E-state index in [0.29, 0.717) is 6.54 Å². The topological polar surface area (TPSA) is 55.6 Å². The van der Waals surface area contributed by atoms with E-state index in [2.05, 4.69) is 13.5 Å². The minimum atomic E-state index is -0.447. The van der Waals surface area contributed by atoms with Crippen LogP contribution in [0.15, 0.2) is 30.4 Å². The van der Waals surface area contributed by atoms with Crippen molar-refractivity contribution >= 4 is 11.6 Å². The van der Waals surface area contributed by atoms with Crippen molar-refractivity contribution in [2.75, 3.05) is 11.4 Å². The fourth-order valence-electron chi connectivity index (χ4n) is 2.87. The van der Waals surface area contributed by atoms with Crippen molar-refractivity contribution < 1.29 is 9.53 Å². The first-order valence-corrected chi connectivity index (χ1v) is 8.37. The van der Waals surface area contributed by atoms with E-state index in [1.54, 1.807) is 4.90 Å². The molecule has 0 fully saturated rings. The Labute approximate surface area is 139 Å². The average Bonchev–Trinajstić information content (AvgIpc) is 2.49. The average molecular weight is 316 g/mol. The molecule has 1 aliphatic rings. The highest BCUT2D eigenvalue weighted by molar-refractivity contribution is 6.00. The molecule has 1 aromatic rings. The molecule has 2 atom stereocenters. The number of hydrogen-bond acceptors (Lipinski definition) is 3. The molecule has 1 heterocycles. The molecule has 4 heteroatoms. The van der Waals surface area contributed by atoms with Crippen molar-refractivity contribution in [2.45, 2.75) is 52.7 Å². The van der Waals surface area contributed by atoms with E-state index in [1.807, 2.05) is 39.0 Å². The number of ether oxygens (including phenoxy) is 1. The van der Waals surface area contributed by atoms with Crippen LogP contribution >= 0.6 is 0 Å². The van der Waals surface area contributed by atoms with Crippen LogP contribution < -0.4 is 15.4 Å². The summed E-state index contributed by atoms with van der Waals surface area (Å²) in [5.41, 5.74) is 9.02. The van der Waals surface area contributed by atoms with Crippen LogP contribution in [0.25, 0.3) is 0 Å². The molecule has 0 saturated carbocycles. The molecule has 1 amide bonds. The van der Waals surface area contributed by atoms with Gasteiger partial charge in [-0.05, 0) is 37.0 Å². The van der Waals surface area contributed by atoms with Gasteiger partial charge in [0.2, 0.25) is 0 Å². The summed E-state index contributed by atoms with van der Waals surface area (Å²) in [6.07, 6.45) is 1.50. The Balaban J connectivity index is 2.43. The zero-order valence-corrected chi connectivity index (χ0v) is 14.6. The van der Waals surface area contributed by atoms with E-state index in [-0.39, 0.29) is 17.9 Å². The lowest BCUT2D eigenvalue weighted by Gasteiger charge is -2.36. The second kappa shape index (κ2) is 7.18. The van der Waals surface area contributed by atoms with Gasteiger partial charge in [-0.15, -0.1) is 0 Å². The number of nitrogens with two attached hydrogens (primary N) is 1. The van der Waals surface area contributed by atoms with Crippen LogP contribution in [0.2, 0.25) is 0 Å². The largest absolute Gasteiger partial charge is 0.478 e. The Morgan fingerprint density at radius 3 is 2.70 bits per heavy atom. The van der Waals surface area contributed by atoms with Crippen LogP contribution in [0.1, 0.15) is 52.1 Å². The van der Waals surface area contributed by atoms with Crippen molar-refractivity contribution in [3.8, 4) is 5.75 Å². The highest BCUT2D eigenvalue weighted by Crippen LogP contribution is 2.38. The first-order valence-electron chi connectivity index (χ1n) is 8.37. The van der Waals surface area contributed by atoms with E-state index in [4.69, 9.17) is 10.5 Å². The van der Waals surface area contributed by atoms with Crippen molar-refractivity contribution in [3.63, 3.8) is 0 Å². The summed E-state index contributed by atoms with van der Waals surface area (Å²) in [6.45, 7) is 12.5. The Kier molecular flexibility index (Phi) is 5.47.